The largest absolute Gasteiger partial charge is 0.276 e. The normalized spacial score (nSPS) is 11.7. The molecule has 1 aromatic heterocycles. The Labute approximate surface area is 317 Å². The maximum Gasteiger partial charge on any atom is 0.264 e. The fraction of sp³-hybridized carbons (Fsp3) is 0. The van der Waals surface area contributed by atoms with E-state index in [2.05, 4.69) is 164 Å². The summed E-state index contributed by atoms with van der Waals surface area (Å²) in [6, 6.07) is 70.7. The molecule has 0 atom stereocenters. The molecule has 2 heteroatoms. The molecule has 11 rings (SSSR count). The maximum atomic E-state index is 14.6. The van der Waals surface area contributed by atoms with Gasteiger partial charge in [-0.1, -0.05) is 176 Å². The van der Waals surface area contributed by atoms with Crippen molar-refractivity contribution in [2.75, 3.05) is 0 Å². The van der Waals surface area contributed by atoms with Crippen LogP contribution in [0.15, 0.2) is 205 Å². The van der Waals surface area contributed by atoms with Crippen molar-refractivity contribution in [3.63, 3.8) is 0 Å². The number of hydrogen-bond donors (Lipinski definition) is 0. The van der Waals surface area contributed by atoms with Crippen molar-refractivity contribution in [1.82, 2.24) is 4.57 Å². The molecule has 0 N–H and O–H groups in total. The van der Waals surface area contributed by atoms with E-state index in [1.54, 1.807) is 0 Å². The Hall–Kier alpha value is -7.29. The van der Waals surface area contributed by atoms with E-state index in [-0.39, 0.29) is 5.56 Å². The molecule has 0 saturated heterocycles. The third kappa shape index (κ3) is 4.85. The topological polar surface area (TPSA) is 22.0 Å². The quantitative estimate of drug-likeness (QED) is 0.168. The number of rotatable bonds is 4. The molecular weight excluding hydrogens is 667 g/mol. The van der Waals surface area contributed by atoms with Crippen LogP contribution in [0, 0.1) is 0 Å². The van der Waals surface area contributed by atoms with Crippen LogP contribution in [-0.2, 0) is 0 Å². The number of para-hydroxylation sites is 1. The Morgan fingerprint density at radius 2 is 0.764 bits per heavy atom. The smallest absolute Gasteiger partial charge is 0.264 e. The molecule has 55 heavy (non-hydrogen) atoms. The standard InChI is InChI=1S/C53H33NO/c55-53-52-40(34-13-2-1-3-14-34)22-12-23-49(52)48-21-10-11-24-51(48)54(53)37-28-25-35(26-29-37)38-31-32-39(42-16-5-4-15-41(38)42)36-27-30-47-45-19-7-6-17-43(45)44-18-8-9-20-46(44)50(47)33-36/h1-33H. The Morgan fingerprint density at radius 3 is 1.42 bits per heavy atom. The number of benzene rings is 10. The van der Waals surface area contributed by atoms with Gasteiger partial charge in [-0.15, -0.1) is 0 Å². The van der Waals surface area contributed by atoms with Gasteiger partial charge in [-0.25, -0.2) is 0 Å². The van der Waals surface area contributed by atoms with E-state index >= 15 is 0 Å². The van der Waals surface area contributed by atoms with Crippen LogP contribution in [0.3, 0.4) is 0 Å². The average molecular weight is 700 g/mol. The van der Waals surface area contributed by atoms with Crippen molar-refractivity contribution >= 4 is 64.8 Å². The lowest BCUT2D eigenvalue weighted by Gasteiger charge is -2.17. The van der Waals surface area contributed by atoms with Crippen LogP contribution in [0.5, 0.6) is 0 Å². The molecule has 0 aliphatic rings. The molecule has 0 bridgehead atoms. The third-order valence-electron chi connectivity index (χ3n) is 11.4. The minimum atomic E-state index is -0.0214. The summed E-state index contributed by atoms with van der Waals surface area (Å²) >= 11 is 0. The Bertz CT molecular complexity index is 3340. The number of aromatic nitrogens is 1. The predicted octanol–water partition coefficient (Wildman–Crippen LogP) is 13.8. The van der Waals surface area contributed by atoms with Gasteiger partial charge >= 0.3 is 0 Å². The minimum absolute atomic E-state index is 0.0214. The van der Waals surface area contributed by atoms with Crippen LogP contribution in [0.25, 0.3) is 104 Å². The summed E-state index contributed by atoms with van der Waals surface area (Å²) < 4.78 is 1.88. The zero-order chi connectivity index (χ0) is 36.5. The van der Waals surface area contributed by atoms with E-state index < -0.39 is 0 Å². The van der Waals surface area contributed by atoms with Crippen molar-refractivity contribution < 1.29 is 0 Å². The summed E-state index contributed by atoms with van der Waals surface area (Å²) in [5.41, 5.74) is 8.35. The zero-order valence-electron chi connectivity index (χ0n) is 29.9. The van der Waals surface area contributed by atoms with Crippen molar-refractivity contribution in [2.45, 2.75) is 0 Å². The first-order valence-electron chi connectivity index (χ1n) is 18.8. The van der Waals surface area contributed by atoms with Gasteiger partial charge in [-0.3, -0.25) is 9.36 Å². The summed E-state index contributed by atoms with van der Waals surface area (Å²) in [6.07, 6.45) is 0. The minimum Gasteiger partial charge on any atom is -0.276 e. The van der Waals surface area contributed by atoms with Crippen molar-refractivity contribution in [1.29, 1.82) is 0 Å². The summed E-state index contributed by atoms with van der Waals surface area (Å²) in [5.74, 6) is 0. The van der Waals surface area contributed by atoms with Gasteiger partial charge < -0.3 is 0 Å². The van der Waals surface area contributed by atoms with Crippen LogP contribution in [-0.4, -0.2) is 4.57 Å². The number of hydrogen-bond acceptors (Lipinski definition) is 1. The highest BCUT2D eigenvalue weighted by Gasteiger charge is 2.17. The van der Waals surface area contributed by atoms with Gasteiger partial charge in [-0.05, 0) is 106 Å². The zero-order valence-corrected chi connectivity index (χ0v) is 29.9. The molecule has 0 aliphatic carbocycles. The van der Waals surface area contributed by atoms with Crippen molar-refractivity contribution in [2.24, 2.45) is 0 Å². The van der Waals surface area contributed by atoms with Crippen LogP contribution in [0.4, 0.5) is 0 Å². The molecule has 2 nitrogen and oxygen atoms in total. The van der Waals surface area contributed by atoms with Gasteiger partial charge in [0, 0.05) is 11.1 Å². The number of pyridine rings is 1. The average Bonchev–Trinajstić information content (AvgIpc) is 3.26. The molecule has 256 valence electrons. The van der Waals surface area contributed by atoms with Gasteiger partial charge in [0.15, 0.2) is 0 Å². The first kappa shape index (κ1) is 31.3. The second-order valence-electron chi connectivity index (χ2n) is 14.4. The number of nitrogens with zero attached hydrogens (tertiary/aromatic N) is 1. The molecule has 0 aliphatic heterocycles. The lowest BCUT2D eigenvalue weighted by molar-refractivity contribution is 1.06. The molecule has 0 amide bonds. The Kier molecular flexibility index (Phi) is 7.05. The molecule has 0 fully saturated rings. The summed E-state index contributed by atoms with van der Waals surface area (Å²) in [5, 5.41) is 12.8. The van der Waals surface area contributed by atoms with Gasteiger partial charge in [0.05, 0.1) is 10.9 Å². The molecule has 0 radical (unpaired) electrons. The maximum absolute atomic E-state index is 14.6. The number of fused-ring (bicyclic) bond motifs is 10. The van der Waals surface area contributed by atoms with Gasteiger partial charge in [0.2, 0.25) is 0 Å². The second kappa shape index (κ2) is 12.4. The Balaban J connectivity index is 1.05. The fourth-order valence-electron chi connectivity index (χ4n) is 8.91. The lowest BCUT2D eigenvalue weighted by atomic mass is 9.89. The SMILES string of the molecule is O=c1c2c(-c3ccccc3)cccc2c2ccccc2n1-c1ccc(-c2ccc(-c3ccc4c5ccccc5c5ccccc5c4c3)c3ccccc23)cc1. The van der Waals surface area contributed by atoms with Gasteiger partial charge in [0.1, 0.15) is 0 Å². The van der Waals surface area contributed by atoms with Gasteiger partial charge in [0.25, 0.3) is 5.56 Å². The summed E-state index contributed by atoms with van der Waals surface area (Å²) in [4.78, 5) is 14.6. The Morgan fingerprint density at radius 1 is 0.291 bits per heavy atom. The highest BCUT2D eigenvalue weighted by atomic mass is 16.1. The molecule has 0 saturated carbocycles. The molecular formula is C53H33NO. The van der Waals surface area contributed by atoms with E-state index in [0.29, 0.717) is 0 Å². The van der Waals surface area contributed by atoms with Crippen molar-refractivity contribution in [3.8, 4) is 39.1 Å². The van der Waals surface area contributed by atoms with Crippen LogP contribution in [0.1, 0.15) is 0 Å². The van der Waals surface area contributed by atoms with E-state index in [4.69, 9.17) is 0 Å². The monoisotopic (exact) mass is 699 g/mol. The van der Waals surface area contributed by atoms with Crippen molar-refractivity contribution in [3.05, 3.63) is 211 Å². The fourth-order valence-corrected chi connectivity index (χ4v) is 8.91. The second-order valence-corrected chi connectivity index (χ2v) is 14.4. The van der Waals surface area contributed by atoms with Crippen LogP contribution >= 0.6 is 0 Å². The molecule has 0 spiro atoms. The highest BCUT2D eigenvalue weighted by molar-refractivity contribution is 6.26. The first-order chi connectivity index (χ1) is 27.2. The predicted molar refractivity (Wildman–Crippen MR) is 233 cm³/mol. The van der Waals surface area contributed by atoms with Crippen LogP contribution in [0.2, 0.25) is 0 Å². The van der Waals surface area contributed by atoms with E-state index in [1.807, 2.05) is 41.0 Å². The molecule has 11 aromatic rings. The van der Waals surface area contributed by atoms with Gasteiger partial charge in [-0.2, -0.15) is 0 Å². The highest BCUT2D eigenvalue weighted by Crippen LogP contribution is 2.41. The molecule has 0 unspecified atom stereocenters. The van der Waals surface area contributed by atoms with E-state index in [0.717, 1.165) is 49.6 Å². The van der Waals surface area contributed by atoms with E-state index in [1.165, 1.54) is 54.2 Å². The van der Waals surface area contributed by atoms with Crippen LogP contribution < -0.4 is 5.56 Å². The summed E-state index contributed by atoms with van der Waals surface area (Å²) in [7, 11) is 0. The third-order valence-corrected chi connectivity index (χ3v) is 11.4. The first-order valence-corrected chi connectivity index (χ1v) is 18.8. The summed E-state index contributed by atoms with van der Waals surface area (Å²) in [6.45, 7) is 0. The lowest BCUT2D eigenvalue weighted by Crippen LogP contribution is -2.19. The molecule has 10 aromatic carbocycles. The van der Waals surface area contributed by atoms with E-state index in [9.17, 15) is 4.79 Å². The molecule has 1 heterocycles.